The average molecular weight is 416 g/mol. The molecule has 0 unspecified atom stereocenters. The van der Waals surface area contributed by atoms with E-state index in [0.717, 1.165) is 12.1 Å². The Morgan fingerprint density at radius 2 is 1.86 bits per heavy atom. The minimum Gasteiger partial charge on any atom is -0.492 e. The number of guanidine groups is 1. The van der Waals surface area contributed by atoms with E-state index in [9.17, 15) is 29.9 Å². The van der Waals surface area contributed by atoms with Crippen LogP contribution in [-0.2, 0) is 9.53 Å². The third kappa shape index (κ3) is 7.08. The number of hydrogen-bond donors (Lipinski definition) is 4. The number of aliphatic imine (C=N–C) groups is 1. The SMILES string of the molecule is CC(C)(C)OC(=O)N([C@@H](CCCN=C(N)N)C(=O)On1c(O)ccc1O)[N+](=O)[O-]. The van der Waals surface area contributed by atoms with Gasteiger partial charge in [0.15, 0.2) is 11.0 Å². The van der Waals surface area contributed by atoms with Crippen LogP contribution in [0.3, 0.4) is 0 Å². The summed E-state index contributed by atoms with van der Waals surface area (Å²) in [4.78, 5) is 44.9. The summed E-state index contributed by atoms with van der Waals surface area (Å²) in [6.07, 6.45) is -1.61. The molecule has 0 radical (unpaired) electrons. The molecular weight excluding hydrogens is 392 g/mol. The number of aromatic nitrogens is 1. The fourth-order valence-corrected chi connectivity index (χ4v) is 2.10. The number of carbonyl (C=O) groups excluding carboxylic acids is 2. The number of aromatic hydroxyl groups is 2. The summed E-state index contributed by atoms with van der Waals surface area (Å²) in [6, 6.07) is 0.278. The molecule has 1 heterocycles. The standard InChI is InChI=1S/C15H24N6O8/c1-15(2,3)28-14(25)19(21(26)27)9(5-4-8-18-13(16)17)12(24)29-20-10(22)6-7-11(20)23/h6-7,9,22-23H,4-5,8H2,1-3H3,(H4,16,17,18)/t9-/m0/s1. The number of rotatable bonds is 8. The number of nitrogens with zero attached hydrogens (tertiary/aromatic N) is 4. The Balaban J connectivity index is 3.14. The van der Waals surface area contributed by atoms with Gasteiger partial charge in [-0.05, 0) is 38.6 Å². The van der Waals surface area contributed by atoms with Crippen molar-refractivity contribution in [3.63, 3.8) is 0 Å². The summed E-state index contributed by atoms with van der Waals surface area (Å²) in [5.74, 6) is -2.80. The van der Waals surface area contributed by atoms with Gasteiger partial charge in [-0.1, -0.05) is 0 Å². The highest BCUT2D eigenvalue weighted by atomic mass is 16.7. The highest BCUT2D eigenvalue weighted by Crippen LogP contribution is 2.21. The van der Waals surface area contributed by atoms with Crippen molar-refractivity contribution in [1.82, 2.24) is 9.74 Å². The van der Waals surface area contributed by atoms with Crippen LogP contribution in [0.1, 0.15) is 33.6 Å². The quantitative estimate of drug-likeness (QED) is 0.143. The van der Waals surface area contributed by atoms with Gasteiger partial charge in [0.2, 0.25) is 17.8 Å². The second-order valence-electron chi connectivity index (χ2n) is 6.78. The van der Waals surface area contributed by atoms with E-state index in [4.69, 9.17) is 21.0 Å². The molecule has 14 nitrogen and oxygen atoms in total. The van der Waals surface area contributed by atoms with Crippen molar-refractivity contribution in [2.45, 2.75) is 45.3 Å². The van der Waals surface area contributed by atoms with Gasteiger partial charge >= 0.3 is 12.1 Å². The van der Waals surface area contributed by atoms with Crippen molar-refractivity contribution in [2.24, 2.45) is 16.5 Å². The first kappa shape index (κ1) is 23.3. The van der Waals surface area contributed by atoms with Gasteiger partial charge in [-0.25, -0.2) is 19.7 Å². The van der Waals surface area contributed by atoms with Crippen LogP contribution in [0.15, 0.2) is 17.1 Å². The Labute approximate surface area is 165 Å². The van der Waals surface area contributed by atoms with Gasteiger partial charge in [0, 0.05) is 18.7 Å². The van der Waals surface area contributed by atoms with E-state index in [1.54, 1.807) is 0 Å². The summed E-state index contributed by atoms with van der Waals surface area (Å²) in [5, 5.41) is 29.5. The topological polar surface area (TPSA) is 209 Å². The third-order valence-electron chi connectivity index (χ3n) is 3.23. The lowest BCUT2D eigenvalue weighted by atomic mass is 10.1. The van der Waals surface area contributed by atoms with Crippen LogP contribution in [0.4, 0.5) is 4.79 Å². The van der Waals surface area contributed by atoms with Crippen molar-refractivity contribution < 1.29 is 34.4 Å². The molecule has 1 amide bonds. The molecular formula is C15H24N6O8. The van der Waals surface area contributed by atoms with E-state index in [-0.39, 0.29) is 30.4 Å². The lowest BCUT2D eigenvalue weighted by Gasteiger charge is -2.25. The van der Waals surface area contributed by atoms with Crippen molar-refractivity contribution in [3.8, 4) is 11.8 Å². The predicted molar refractivity (Wildman–Crippen MR) is 98.1 cm³/mol. The second kappa shape index (κ2) is 9.48. The van der Waals surface area contributed by atoms with Crippen molar-refractivity contribution in [3.05, 3.63) is 22.2 Å². The molecule has 162 valence electrons. The van der Waals surface area contributed by atoms with Gasteiger partial charge in [0.1, 0.15) is 5.60 Å². The Kier molecular flexibility index (Phi) is 7.62. The normalized spacial score (nSPS) is 12.0. The molecule has 14 heteroatoms. The highest BCUT2D eigenvalue weighted by molar-refractivity contribution is 5.81. The first-order valence-electron chi connectivity index (χ1n) is 8.37. The zero-order chi connectivity index (χ0) is 22.4. The van der Waals surface area contributed by atoms with Crippen LogP contribution < -0.4 is 16.3 Å². The van der Waals surface area contributed by atoms with Gasteiger partial charge in [0.25, 0.3) is 0 Å². The van der Waals surface area contributed by atoms with Crippen molar-refractivity contribution in [2.75, 3.05) is 6.54 Å². The molecule has 1 aromatic heterocycles. The Morgan fingerprint density at radius 3 is 2.31 bits per heavy atom. The molecule has 0 bridgehead atoms. The van der Waals surface area contributed by atoms with Gasteiger partial charge in [-0.2, -0.15) is 0 Å². The number of hydrogen-bond acceptors (Lipinski definition) is 9. The molecule has 0 fully saturated rings. The molecule has 0 aliphatic heterocycles. The van der Waals surface area contributed by atoms with Gasteiger partial charge in [-0.3, -0.25) is 4.99 Å². The molecule has 0 aliphatic rings. The number of nitrogens with two attached hydrogens (primary N) is 2. The Morgan fingerprint density at radius 1 is 1.31 bits per heavy atom. The van der Waals surface area contributed by atoms with E-state index in [1.165, 1.54) is 20.8 Å². The molecule has 0 spiro atoms. The molecule has 1 rings (SSSR count). The van der Waals surface area contributed by atoms with Gasteiger partial charge in [0.05, 0.1) is 0 Å². The molecule has 0 saturated carbocycles. The highest BCUT2D eigenvalue weighted by Gasteiger charge is 2.43. The maximum absolute atomic E-state index is 12.6. The average Bonchev–Trinajstić information content (AvgIpc) is 2.87. The summed E-state index contributed by atoms with van der Waals surface area (Å²) in [5.41, 5.74) is 9.33. The van der Waals surface area contributed by atoms with E-state index in [2.05, 4.69) is 4.99 Å². The van der Waals surface area contributed by atoms with Crippen molar-refractivity contribution >= 4 is 18.0 Å². The number of carbonyl (C=O) groups is 2. The molecule has 0 aliphatic carbocycles. The zero-order valence-electron chi connectivity index (χ0n) is 16.1. The molecule has 29 heavy (non-hydrogen) atoms. The minimum absolute atomic E-state index is 0.0198. The van der Waals surface area contributed by atoms with Gasteiger partial charge in [-0.15, -0.1) is 4.73 Å². The number of hydrazine groups is 1. The van der Waals surface area contributed by atoms with Gasteiger partial charge < -0.3 is 31.3 Å². The van der Waals surface area contributed by atoms with E-state index in [1.807, 2.05) is 0 Å². The van der Waals surface area contributed by atoms with Crippen LogP contribution in [0.25, 0.3) is 0 Å². The van der Waals surface area contributed by atoms with Crippen LogP contribution in [0, 0.1) is 10.1 Å². The first-order valence-corrected chi connectivity index (χ1v) is 8.37. The Bertz CT molecular complexity index is 761. The fourth-order valence-electron chi connectivity index (χ4n) is 2.10. The monoisotopic (exact) mass is 416 g/mol. The number of amides is 1. The molecule has 1 aromatic rings. The predicted octanol–water partition coefficient (Wildman–Crippen LogP) is -0.294. The van der Waals surface area contributed by atoms with E-state index >= 15 is 0 Å². The number of nitro groups is 1. The van der Waals surface area contributed by atoms with E-state index in [0.29, 0.717) is 4.73 Å². The van der Waals surface area contributed by atoms with E-state index < -0.39 is 40.5 Å². The lowest BCUT2D eigenvalue weighted by Crippen LogP contribution is -2.52. The molecule has 0 saturated heterocycles. The lowest BCUT2D eigenvalue weighted by molar-refractivity contribution is -0.641. The number of ether oxygens (including phenoxy) is 1. The minimum atomic E-state index is -1.77. The van der Waals surface area contributed by atoms with Crippen LogP contribution in [0.5, 0.6) is 11.8 Å². The smallest absolute Gasteiger partial charge is 0.469 e. The van der Waals surface area contributed by atoms with Crippen LogP contribution in [-0.4, -0.2) is 61.2 Å². The fraction of sp³-hybridized carbons (Fsp3) is 0.533. The summed E-state index contributed by atoms with van der Waals surface area (Å²) in [6.45, 7) is 4.49. The third-order valence-corrected chi connectivity index (χ3v) is 3.23. The first-order chi connectivity index (χ1) is 13.3. The molecule has 6 N–H and O–H groups in total. The second-order valence-corrected chi connectivity index (χ2v) is 6.78. The largest absolute Gasteiger partial charge is 0.492 e. The molecule has 0 aromatic carbocycles. The van der Waals surface area contributed by atoms with Crippen molar-refractivity contribution in [1.29, 1.82) is 0 Å². The molecule has 1 atom stereocenters. The maximum Gasteiger partial charge on any atom is 0.469 e. The summed E-state index contributed by atoms with van der Waals surface area (Å²) in [7, 11) is 0. The zero-order valence-corrected chi connectivity index (χ0v) is 16.1. The summed E-state index contributed by atoms with van der Waals surface area (Å²) >= 11 is 0. The maximum atomic E-state index is 12.6. The van der Waals surface area contributed by atoms with Crippen LogP contribution in [0.2, 0.25) is 0 Å². The Hall–Kier alpha value is -3.71. The summed E-state index contributed by atoms with van der Waals surface area (Å²) < 4.78 is 5.33. The van der Waals surface area contributed by atoms with Crippen LogP contribution >= 0.6 is 0 Å².